The van der Waals surface area contributed by atoms with Crippen molar-refractivity contribution in [2.75, 3.05) is 4.90 Å². The predicted octanol–water partition coefficient (Wildman–Crippen LogP) is 7.11. The highest BCUT2D eigenvalue weighted by atomic mass is 16.4. The van der Waals surface area contributed by atoms with Crippen LogP contribution in [-0.2, 0) is 0 Å². The maximum absolute atomic E-state index is 11.8. The van der Waals surface area contributed by atoms with Crippen LogP contribution >= 0.6 is 0 Å². The third-order valence-corrected chi connectivity index (χ3v) is 8.08. The fraction of sp³-hybridized carbons (Fsp3) is 0.741. The number of nitrogens with zero attached hydrogens (tertiary/aromatic N) is 1. The molecule has 0 spiro atoms. The monoisotopic (exact) mass is 413 g/mol. The van der Waals surface area contributed by atoms with Crippen LogP contribution < -0.4 is 4.90 Å². The van der Waals surface area contributed by atoms with Crippen LogP contribution in [0.4, 0.5) is 5.69 Å². The standard InChI is InChI=1S/C27H43NO2/c1-17(2)23-12-10-19(5)14-25(23)28(22-9-7-8-21(16-22)27(29)30)26-15-20(6)11-13-24(26)18(3)4/h7-9,16-20,23-26H,10-15H2,1-6H3,(H,29,30). The summed E-state index contributed by atoms with van der Waals surface area (Å²) in [6.07, 6.45) is 7.64. The van der Waals surface area contributed by atoms with E-state index < -0.39 is 5.97 Å². The van der Waals surface area contributed by atoms with Gasteiger partial charge in [-0.1, -0.05) is 60.5 Å². The molecule has 0 amide bonds. The number of aromatic carboxylic acids is 1. The lowest BCUT2D eigenvalue weighted by molar-refractivity contribution is 0.0696. The molecule has 3 rings (SSSR count). The van der Waals surface area contributed by atoms with E-state index in [1.54, 1.807) is 6.07 Å². The van der Waals surface area contributed by atoms with E-state index in [9.17, 15) is 9.90 Å². The highest BCUT2D eigenvalue weighted by Crippen LogP contribution is 2.45. The predicted molar refractivity (Wildman–Crippen MR) is 126 cm³/mol. The van der Waals surface area contributed by atoms with Gasteiger partial charge in [0.2, 0.25) is 0 Å². The van der Waals surface area contributed by atoms with Crippen molar-refractivity contribution in [3.63, 3.8) is 0 Å². The Balaban J connectivity index is 2.10. The lowest BCUT2D eigenvalue weighted by Gasteiger charge is -2.53. The van der Waals surface area contributed by atoms with Crippen molar-refractivity contribution in [1.82, 2.24) is 0 Å². The Morgan fingerprint density at radius 1 is 0.900 bits per heavy atom. The van der Waals surface area contributed by atoms with Crippen LogP contribution in [-0.4, -0.2) is 23.2 Å². The van der Waals surface area contributed by atoms with Crippen molar-refractivity contribution >= 4 is 11.7 Å². The summed E-state index contributed by atoms with van der Waals surface area (Å²) in [5.41, 5.74) is 1.54. The van der Waals surface area contributed by atoms with Gasteiger partial charge in [-0.15, -0.1) is 0 Å². The number of anilines is 1. The van der Waals surface area contributed by atoms with Gasteiger partial charge in [-0.2, -0.15) is 0 Å². The second kappa shape index (κ2) is 9.75. The normalized spacial score (nSPS) is 32.4. The zero-order valence-corrected chi connectivity index (χ0v) is 20.0. The zero-order chi connectivity index (χ0) is 22.0. The second-order valence-electron chi connectivity index (χ2n) is 11.0. The lowest BCUT2D eigenvalue weighted by Crippen LogP contribution is -2.55. The minimum Gasteiger partial charge on any atom is -0.478 e. The summed E-state index contributed by atoms with van der Waals surface area (Å²) in [4.78, 5) is 14.5. The van der Waals surface area contributed by atoms with E-state index in [1.807, 2.05) is 12.1 Å². The quantitative estimate of drug-likeness (QED) is 0.540. The highest BCUT2D eigenvalue weighted by molar-refractivity contribution is 5.88. The molecule has 2 saturated carbocycles. The van der Waals surface area contributed by atoms with Gasteiger partial charge in [-0.3, -0.25) is 0 Å². The minimum absolute atomic E-state index is 0.410. The molecular formula is C27H43NO2. The van der Waals surface area contributed by atoms with Gasteiger partial charge in [-0.25, -0.2) is 4.79 Å². The maximum Gasteiger partial charge on any atom is 0.335 e. The number of carbonyl (C=O) groups is 1. The Morgan fingerprint density at radius 2 is 1.40 bits per heavy atom. The number of carboxylic acid groups (broad SMARTS) is 1. The maximum atomic E-state index is 11.8. The van der Waals surface area contributed by atoms with Crippen LogP contribution in [0.1, 0.15) is 90.4 Å². The van der Waals surface area contributed by atoms with Crippen molar-refractivity contribution in [2.45, 2.75) is 92.2 Å². The lowest BCUT2D eigenvalue weighted by atomic mass is 9.69. The van der Waals surface area contributed by atoms with Crippen LogP contribution in [0.15, 0.2) is 24.3 Å². The van der Waals surface area contributed by atoms with Gasteiger partial charge in [0, 0.05) is 17.8 Å². The summed E-state index contributed by atoms with van der Waals surface area (Å²) in [6.45, 7) is 14.3. The molecule has 0 aliphatic heterocycles. The van der Waals surface area contributed by atoms with Gasteiger partial charge in [0.05, 0.1) is 5.56 Å². The van der Waals surface area contributed by atoms with Crippen LogP contribution in [0.25, 0.3) is 0 Å². The molecule has 1 aromatic rings. The molecule has 3 nitrogen and oxygen atoms in total. The van der Waals surface area contributed by atoms with E-state index in [1.165, 1.54) is 38.5 Å². The smallest absolute Gasteiger partial charge is 0.335 e. The summed E-state index contributed by atoms with van der Waals surface area (Å²) in [5.74, 6) is 3.26. The van der Waals surface area contributed by atoms with Crippen LogP contribution in [0, 0.1) is 35.5 Å². The number of hydrogen-bond donors (Lipinski definition) is 1. The molecule has 30 heavy (non-hydrogen) atoms. The van der Waals surface area contributed by atoms with Gasteiger partial charge in [0.15, 0.2) is 0 Å². The van der Waals surface area contributed by atoms with Crippen LogP contribution in [0.3, 0.4) is 0 Å². The number of rotatable bonds is 6. The molecule has 2 fully saturated rings. The third kappa shape index (κ3) is 5.03. The topological polar surface area (TPSA) is 40.5 Å². The average molecular weight is 414 g/mol. The second-order valence-corrected chi connectivity index (χ2v) is 11.0. The summed E-state index contributed by atoms with van der Waals surface area (Å²) in [7, 11) is 0. The third-order valence-electron chi connectivity index (χ3n) is 8.08. The number of carboxylic acids is 1. The minimum atomic E-state index is -0.827. The molecule has 0 radical (unpaired) electrons. The van der Waals surface area contributed by atoms with Crippen LogP contribution in [0.5, 0.6) is 0 Å². The molecule has 0 aromatic heterocycles. The SMILES string of the molecule is CC1CCC(C(C)C)C(N(c2cccc(C(=O)O)c2)C2CC(C)CCC2C(C)C)C1. The van der Waals surface area contributed by atoms with E-state index in [-0.39, 0.29) is 0 Å². The summed E-state index contributed by atoms with van der Waals surface area (Å²) in [6, 6.07) is 8.77. The Bertz CT molecular complexity index is 681. The molecule has 0 bridgehead atoms. The van der Waals surface area contributed by atoms with Gasteiger partial charge in [-0.05, 0) is 79.4 Å². The molecule has 0 heterocycles. The Hall–Kier alpha value is -1.51. The fourth-order valence-corrected chi connectivity index (χ4v) is 6.37. The van der Waals surface area contributed by atoms with E-state index in [4.69, 9.17) is 0 Å². The van der Waals surface area contributed by atoms with Crippen molar-refractivity contribution in [3.05, 3.63) is 29.8 Å². The van der Waals surface area contributed by atoms with E-state index >= 15 is 0 Å². The van der Waals surface area contributed by atoms with Gasteiger partial charge in [0.25, 0.3) is 0 Å². The number of hydrogen-bond acceptors (Lipinski definition) is 2. The van der Waals surface area contributed by atoms with Crippen molar-refractivity contribution < 1.29 is 9.90 Å². The van der Waals surface area contributed by atoms with Crippen molar-refractivity contribution in [2.24, 2.45) is 35.5 Å². The van der Waals surface area contributed by atoms with Crippen molar-refractivity contribution in [1.29, 1.82) is 0 Å². The molecule has 168 valence electrons. The molecule has 0 saturated heterocycles. The first-order valence-corrected chi connectivity index (χ1v) is 12.3. The summed E-state index contributed by atoms with van der Waals surface area (Å²) in [5, 5.41) is 9.66. The molecule has 3 heteroatoms. The van der Waals surface area contributed by atoms with E-state index in [2.05, 4.69) is 52.5 Å². The fourth-order valence-electron chi connectivity index (χ4n) is 6.37. The number of benzene rings is 1. The summed E-state index contributed by atoms with van der Waals surface area (Å²) >= 11 is 0. The molecule has 2 aliphatic carbocycles. The summed E-state index contributed by atoms with van der Waals surface area (Å²) < 4.78 is 0. The van der Waals surface area contributed by atoms with E-state index in [0.29, 0.717) is 41.3 Å². The molecular weight excluding hydrogens is 370 g/mol. The first-order valence-electron chi connectivity index (χ1n) is 12.3. The molecule has 2 aliphatic rings. The first kappa shape index (κ1) is 23.2. The Morgan fingerprint density at radius 3 is 1.83 bits per heavy atom. The largest absolute Gasteiger partial charge is 0.478 e. The Kier molecular flexibility index (Phi) is 7.52. The zero-order valence-electron chi connectivity index (χ0n) is 20.0. The van der Waals surface area contributed by atoms with Crippen molar-refractivity contribution in [3.8, 4) is 0 Å². The first-order chi connectivity index (χ1) is 14.2. The van der Waals surface area contributed by atoms with Gasteiger partial charge < -0.3 is 10.0 Å². The highest BCUT2D eigenvalue weighted by Gasteiger charge is 2.42. The molecule has 6 unspecified atom stereocenters. The average Bonchev–Trinajstić information content (AvgIpc) is 2.68. The van der Waals surface area contributed by atoms with Crippen LogP contribution in [0.2, 0.25) is 0 Å². The van der Waals surface area contributed by atoms with Gasteiger partial charge >= 0.3 is 5.97 Å². The molecule has 1 aromatic carbocycles. The van der Waals surface area contributed by atoms with Gasteiger partial charge in [0.1, 0.15) is 0 Å². The van der Waals surface area contributed by atoms with E-state index in [0.717, 1.165) is 17.5 Å². The molecule has 6 atom stereocenters. The molecule has 1 N–H and O–H groups in total. The Labute approximate surface area is 184 Å².